The maximum atomic E-state index is 12.7. The van der Waals surface area contributed by atoms with Crippen molar-refractivity contribution in [2.24, 2.45) is 0 Å². The van der Waals surface area contributed by atoms with Crippen LogP contribution in [0, 0.1) is 0 Å². The highest BCUT2D eigenvalue weighted by Gasteiger charge is 2.50. The molecule has 1 aromatic rings. The van der Waals surface area contributed by atoms with Crippen molar-refractivity contribution in [2.75, 3.05) is 39.9 Å². The van der Waals surface area contributed by atoms with Gasteiger partial charge in [0.1, 0.15) is 0 Å². The molecule has 0 aromatic heterocycles. The zero-order chi connectivity index (χ0) is 24.1. The van der Waals surface area contributed by atoms with Gasteiger partial charge in [-0.25, -0.2) is 13.6 Å². The van der Waals surface area contributed by atoms with Crippen LogP contribution in [0.15, 0.2) is 30.3 Å². The van der Waals surface area contributed by atoms with Crippen molar-refractivity contribution in [3.8, 4) is 0 Å². The van der Waals surface area contributed by atoms with Crippen molar-refractivity contribution in [1.29, 1.82) is 0 Å². The van der Waals surface area contributed by atoms with Gasteiger partial charge in [0.05, 0.1) is 30.8 Å². The number of carbonyl (C=O) groups excluding carboxylic acids is 2. The lowest BCUT2D eigenvalue weighted by atomic mass is 9.79. The Bertz CT molecular complexity index is 835. The molecule has 1 saturated carbocycles. The molecule has 1 aliphatic carbocycles. The highest BCUT2D eigenvalue weighted by molar-refractivity contribution is 5.80. The third-order valence-electron chi connectivity index (χ3n) is 7.39. The number of nitrogens with one attached hydrogen (secondary N) is 1. The largest absolute Gasteiger partial charge is 0.443 e. The summed E-state index contributed by atoms with van der Waals surface area (Å²) in [4.78, 5) is 28.6. The predicted molar refractivity (Wildman–Crippen MR) is 123 cm³/mol. The lowest BCUT2D eigenvalue weighted by molar-refractivity contribution is -0.133. The third kappa shape index (κ3) is 5.86. The van der Waals surface area contributed by atoms with E-state index in [2.05, 4.69) is 29.6 Å². The summed E-state index contributed by atoms with van der Waals surface area (Å²) in [6.45, 7) is 0.531. The summed E-state index contributed by atoms with van der Waals surface area (Å²) in [7, 11) is 1.87. The van der Waals surface area contributed by atoms with E-state index in [1.54, 1.807) is 0 Å². The van der Waals surface area contributed by atoms with Gasteiger partial charge in [-0.1, -0.05) is 30.3 Å². The molecular formula is C25H35F2N3O4. The Balaban J connectivity index is 1.43. The molecule has 188 valence electrons. The topological polar surface area (TPSA) is 71.1 Å². The molecule has 3 fully saturated rings. The normalized spacial score (nSPS) is 30.4. The van der Waals surface area contributed by atoms with Gasteiger partial charge >= 0.3 is 6.09 Å². The van der Waals surface area contributed by atoms with Crippen molar-refractivity contribution in [3.05, 3.63) is 35.9 Å². The fourth-order valence-electron chi connectivity index (χ4n) is 5.86. The van der Waals surface area contributed by atoms with Gasteiger partial charge in [0.2, 0.25) is 5.91 Å². The molecule has 1 N–H and O–H groups in total. The van der Waals surface area contributed by atoms with Gasteiger partial charge < -0.3 is 19.7 Å². The van der Waals surface area contributed by atoms with E-state index in [0.717, 1.165) is 25.7 Å². The Kier molecular flexibility index (Phi) is 8.03. The molecule has 2 saturated heterocycles. The fraction of sp³-hybridized carbons (Fsp3) is 0.680. The summed E-state index contributed by atoms with van der Waals surface area (Å²) in [5.41, 5.74) is 0.668. The van der Waals surface area contributed by atoms with Crippen molar-refractivity contribution < 1.29 is 27.8 Å². The quantitative estimate of drug-likeness (QED) is 0.677. The van der Waals surface area contributed by atoms with Gasteiger partial charge in [-0.05, 0) is 57.1 Å². The molecule has 0 unspecified atom stereocenters. The van der Waals surface area contributed by atoms with Gasteiger partial charge in [0, 0.05) is 13.1 Å². The number of likely N-dealkylation sites (tertiary alicyclic amines) is 1. The van der Waals surface area contributed by atoms with Crippen LogP contribution < -0.4 is 5.32 Å². The number of alkyl halides is 2. The molecule has 34 heavy (non-hydrogen) atoms. The number of ether oxygens (including phenoxy) is 2. The van der Waals surface area contributed by atoms with Crippen molar-refractivity contribution in [2.45, 2.75) is 68.6 Å². The second-order valence-corrected chi connectivity index (χ2v) is 9.87. The SMILES string of the molecule is CN1CC(=O)N[C@@]2(CCCN(C(=O)OCC(F)F)[C@@H]2COC2CCC(c3ccccc3)CC2)C1. The number of amides is 2. The maximum Gasteiger partial charge on any atom is 0.410 e. The van der Waals surface area contributed by atoms with Crippen LogP contribution in [0.5, 0.6) is 0 Å². The first-order chi connectivity index (χ1) is 16.4. The highest BCUT2D eigenvalue weighted by Crippen LogP contribution is 2.36. The zero-order valence-corrected chi connectivity index (χ0v) is 19.8. The molecule has 9 heteroatoms. The fourth-order valence-corrected chi connectivity index (χ4v) is 5.86. The van der Waals surface area contributed by atoms with E-state index < -0.39 is 30.7 Å². The number of piperazine rings is 1. The summed E-state index contributed by atoms with van der Waals surface area (Å²) < 4.78 is 36.6. The second kappa shape index (κ2) is 11.0. The number of piperidine rings is 1. The number of carbonyl (C=O) groups is 2. The summed E-state index contributed by atoms with van der Waals surface area (Å²) in [6.07, 6.45) is 1.81. The van der Waals surface area contributed by atoms with Crippen molar-refractivity contribution in [3.63, 3.8) is 0 Å². The molecule has 3 aliphatic rings. The van der Waals surface area contributed by atoms with Gasteiger partial charge in [-0.2, -0.15) is 0 Å². The summed E-state index contributed by atoms with van der Waals surface area (Å²) in [5.74, 6) is 0.416. The lowest BCUT2D eigenvalue weighted by Crippen LogP contribution is -2.74. The highest BCUT2D eigenvalue weighted by atomic mass is 19.3. The molecule has 1 spiro atoms. The molecule has 4 rings (SSSR count). The monoisotopic (exact) mass is 479 g/mol. The van der Waals surface area contributed by atoms with Gasteiger partial charge in [0.25, 0.3) is 6.43 Å². The van der Waals surface area contributed by atoms with Gasteiger partial charge in [-0.15, -0.1) is 0 Å². The predicted octanol–water partition coefficient (Wildman–Crippen LogP) is 3.40. The smallest absolute Gasteiger partial charge is 0.410 e. The van der Waals surface area contributed by atoms with Crippen molar-refractivity contribution >= 4 is 12.0 Å². The van der Waals surface area contributed by atoms with Crippen LogP contribution in [0.1, 0.15) is 50.0 Å². The Morgan fingerprint density at radius 3 is 2.62 bits per heavy atom. The van der Waals surface area contributed by atoms with Gasteiger partial charge in [0.15, 0.2) is 6.61 Å². The molecule has 2 heterocycles. The van der Waals surface area contributed by atoms with E-state index in [9.17, 15) is 18.4 Å². The first-order valence-corrected chi connectivity index (χ1v) is 12.2. The van der Waals surface area contributed by atoms with Crippen LogP contribution in [0.3, 0.4) is 0 Å². The maximum absolute atomic E-state index is 12.7. The van der Waals surface area contributed by atoms with E-state index in [1.165, 1.54) is 10.5 Å². The number of likely N-dealkylation sites (N-methyl/N-ethyl adjacent to an activating group) is 1. The molecule has 2 atom stereocenters. The molecule has 2 amide bonds. The van der Waals surface area contributed by atoms with Crippen LogP contribution >= 0.6 is 0 Å². The number of hydrogen-bond donors (Lipinski definition) is 1. The molecule has 7 nitrogen and oxygen atoms in total. The van der Waals surface area contributed by atoms with Crippen LogP contribution in [0.4, 0.5) is 13.6 Å². The number of nitrogens with zero attached hydrogens (tertiary/aromatic N) is 2. The van der Waals surface area contributed by atoms with Gasteiger partial charge in [-0.3, -0.25) is 9.69 Å². The standard InChI is InChI=1S/C25H35F2N3O4/c1-29-14-23(31)28-25(17-29)12-5-13-30(24(32)34-16-22(26)27)21(25)15-33-20-10-8-19(9-11-20)18-6-3-2-4-7-18/h2-4,6-7,19-22H,5,8-17H2,1H3,(H,28,31)/t19?,20?,21-,25+/m1/s1. The average molecular weight is 480 g/mol. The van der Waals surface area contributed by atoms with E-state index >= 15 is 0 Å². The summed E-state index contributed by atoms with van der Waals surface area (Å²) >= 11 is 0. The minimum absolute atomic E-state index is 0.0647. The molecule has 1 aromatic carbocycles. The van der Waals surface area contributed by atoms with Crippen LogP contribution in [0.2, 0.25) is 0 Å². The summed E-state index contributed by atoms with van der Waals surface area (Å²) in [5, 5.41) is 3.12. The lowest BCUT2D eigenvalue weighted by Gasteiger charge is -2.53. The van der Waals surface area contributed by atoms with Crippen LogP contribution in [-0.4, -0.2) is 85.8 Å². The first kappa shape index (κ1) is 24.9. The van der Waals surface area contributed by atoms with E-state index in [1.807, 2.05) is 18.0 Å². The van der Waals surface area contributed by atoms with E-state index in [0.29, 0.717) is 31.8 Å². The number of benzene rings is 1. The zero-order valence-electron chi connectivity index (χ0n) is 19.8. The molecule has 0 bridgehead atoms. The average Bonchev–Trinajstić information content (AvgIpc) is 2.82. The van der Waals surface area contributed by atoms with E-state index in [-0.39, 0.29) is 25.2 Å². The van der Waals surface area contributed by atoms with Crippen LogP contribution in [-0.2, 0) is 14.3 Å². The Morgan fingerprint density at radius 1 is 1.21 bits per heavy atom. The summed E-state index contributed by atoms with van der Waals surface area (Å²) in [6, 6.07) is 10.0. The molecular weight excluding hydrogens is 444 g/mol. The van der Waals surface area contributed by atoms with Crippen molar-refractivity contribution in [1.82, 2.24) is 15.1 Å². The Labute approximate surface area is 199 Å². The molecule has 2 aliphatic heterocycles. The number of rotatable bonds is 6. The Morgan fingerprint density at radius 2 is 1.94 bits per heavy atom. The minimum atomic E-state index is -2.72. The second-order valence-electron chi connectivity index (χ2n) is 9.87. The van der Waals surface area contributed by atoms with Crippen LogP contribution in [0.25, 0.3) is 0 Å². The third-order valence-corrected chi connectivity index (χ3v) is 7.39. The minimum Gasteiger partial charge on any atom is -0.443 e. The number of hydrogen-bond acceptors (Lipinski definition) is 5. The van der Waals surface area contributed by atoms with E-state index in [4.69, 9.17) is 9.47 Å². The first-order valence-electron chi connectivity index (χ1n) is 12.2. The molecule has 0 radical (unpaired) electrons. The Hall–Kier alpha value is -2.26. The number of halogens is 2.